The highest BCUT2D eigenvalue weighted by Crippen LogP contribution is 2.25. The Balaban J connectivity index is 1.47. The van der Waals surface area contributed by atoms with E-state index < -0.39 is 5.97 Å². The van der Waals surface area contributed by atoms with Crippen LogP contribution in [0.15, 0.2) is 73.1 Å². The van der Waals surface area contributed by atoms with Gasteiger partial charge in [0.2, 0.25) is 0 Å². The molecule has 0 bridgehead atoms. The largest absolute Gasteiger partial charge is 0.478 e. The summed E-state index contributed by atoms with van der Waals surface area (Å²) in [5.41, 5.74) is 5.26. The van der Waals surface area contributed by atoms with Gasteiger partial charge in [-0.05, 0) is 66.6 Å². The van der Waals surface area contributed by atoms with Gasteiger partial charge in [-0.1, -0.05) is 56.3 Å². The van der Waals surface area contributed by atoms with Gasteiger partial charge in [-0.15, -0.1) is 0 Å². The predicted molar refractivity (Wildman–Crippen MR) is 139 cm³/mol. The molecule has 2 N–H and O–H groups in total. The van der Waals surface area contributed by atoms with Gasteiger partial charge in [0.25, 0.3) is 5.91 Å². The van der Waals surface area contributed by atoms with E-state index in [-0.39, 0.29) is 17.5 Å². The number of fused-ring (bicyclic) bond motifs is 1. The summed E-state index contributed by atoms with van der Waals surface area (Å²) < 4.78 is 2.04. The molecule has 0 aliphatic rings. The van der Waals surface area contributed by atoms with Crippen LogP contribution in [0, 0.1) is 5.92 Å². The second-order valence-corrected chi connectivity index (χ2v) is 9.47. The lowest BCUT2D eigenvalue weighted by atomic mass is 9.99. The van der Waals surface area contributed by atoms with E-state index in [4.69, 9.17) is 0 Å². The molecule has 1 atom stereocenters. The molecule has 35 heavy (non-hydrogen) atoms. The first-order valence-electron chi connectivity index (χ1n) is 12.0. The minimum Gasteiger partial charge on any atom is -0.478 e. The number of hydrogen-bond acceptors (Lipinski definition) is 3. The molecule has 1 heterocycles. The number of amides is 1. The Kier molecular flexibility index (Phi) is 7.30. The summed E-state index contributed by atoms with van der Waals surface area (Å²) in [5.74, 6) is -0.394. The van der Waals surface area contributed by atoms with Crippen molar-refractivity contribution in [2.45, 2.75) is 46.2 Å². The Labute approximate surface area is 205 Å². The van der Waals surface area contributed by atoms with Crippen LogP contribution in [0.1, 0.15) is 59.9 Å². The first-order chi connectivity index (χ1) is 16.8. The average molecular weight is 470 g/mol. The summed E-state index contributed by atoms with van der Waals surface area (Å²) in [4.78, 5) is 28.7. The summed E-state index contributed by atoms with van der Waals surface area (Å²) in [6, 6.07) is 20.6. The molecule has 180 valence electrons. The molecule has 6 nitrogen and oxygen atoms in total. The molecule has 0 spiro atoms. The van der Waals surface area contributed by atoms with E-state index in [9.17, 15) is 14.7 Å². The third kappa shape index (κ3) is 5.77. The molecule has 0 saturated heterocycles. The van der Waals surface area contributed by atoms with E-state index in [0.717, 1.165) is 35.0 Å². The van der Waals surface area contributed by atoms with E-state index in [1.54, 1.807) is 18.5 Å². The zero-order valence-electron chi connectivity index (χ0n) is 20.4. The molecule has 1 amide bonds. The van der Waals surface area contributed by atoms with E-state index in [2.05, 4.69) is 24.1 Å². The number of hydrogen-bond donors (Lipinski definition) is 2. The number of carboxylic acid groups (broad SMARTS) is 1. The Bertz CT molecular complexity index is 1340. The molecule has 0 aliphatic heterocycles. The van der Waals surface area contributed by atoms with Gasteiger partial charge in [0.1, 0.15) is 0 Å². The molecule has 4 rings (SSSR count). The molecular formula is C29H31N3O3. The second-order valence-electron chi connectivity index (χ2n) is 9.47. The highest BCUT2D eigenvalue weighted by atomic mass is 16.4. The summed E-state index contributed by atoms with van der Waals surface area (Å²) in [6.45, 7) is 7.03. The molecule has 1 aromatic heterocycles. The van der Waals surface area contributed by atoms with E-state index in [1.165, 1.54) is 0 Å². The van der Waals surface area contributed by atoms with E-state index in [0.29, 0.717) is 23.6 Å². The van der Waals surface area contributed by atoms with Crippen molar-refractivity contribution in [1.29, 1.82) is 0 Å². The van der Waals surface area contributed by atoms with Crippen LogP contribution in [-0.2, 0) is 6.54 Å². The quantitative estimate of drug-likeness (QED) is 0.315. The maximum atomic E-state index is 12.7. The van der Waals surface area contributed by atoms with Crippen LogP contribution in [-0.4, -0.2) is 32.6 Å². The van der Waals surface area contributed by atoms with Crippen molar-refractivity contribution >= 4 is 22.9 Å². The topological polar surface area (TPSA) is 84.2 Å². The highest BCUT2D eigenvalue weighted by molar-refractivity contribution is 5.97. The number of imidazole rings is 1. The number of carboxylic acids is 1. The van der Waals surface area contributed by atoms with Gasteiger partial charge in [-0.25, -0.2) is 9.78 Å². The number of benzene rings is 3. The minimum absolute atomic E-state index is 0.0741. The van der Waals surface area contributed by atoms with Crippen LogP contribution in [0.4, 0.5) is 0 Å². The van der Waals surface area contributed by atoms with Crippen molar-refractivity contribution in [2.75, 3.05) is 0 Å². The summed E-state index contributed by atoms with van der Waals surface area (Å²) in [5, 5.41) is 12.5. The monoisotopic (exact) mass is 469 g/mol. The zero-order chi connectivity index (χ0) is 24.9. The van der Waals surface area contributed by atoms with Gasteiger partial charge in [0.05, 0.1) is 22.9 Å². The molecular weight excluding hydrogens is 438 g/mol. The molecule has 1 unspecified atom stereocenters. The Morgan fingerprint density at radius 1 is 0.971 bits per heavy atom. The van der Waals surface area contributed by atoms with Crippen molar-refractivity contribution in [2.24, 2.45) is 5.92 Å². The van der Waals surface area contributed by atoms with Crippen molar-refractivity contribution < 1.29 is 14.7 Å². The lowest BCUT2D eigenvalue weighted by Gasteiger charge is -2.15. The molecule has 4 aromatic rings. The number of carbonyl (C=O) groups is 2. The molecule has 0 fully saturated rings. The number of carbonyl (C=O) groups excluding carboxylic acids is 1. The highest BCUT2D eigenvalue weighted by Gasteiger charge is 2.14. The number of nitrogens with zero attached hydrogens (tertiary/aromatic N) is 2. The van der Waals surface area contributed by atoms with Crippen LogP contribution in [0.3, 0.4) is 0 Å². The summed E-state index contributed by atoms with van der Waals surface area (Å²) >= 11 is 0. The first-order valence-corrected chi connectivity index (χ1v) is 12.0. The van der Waals surface area contributed by atoms with Gasteiger partial charge in [-0.3, -0.25) is 4.79 Å². The maximum Gasteiger partial charge on any atom is 0.336 e. The first kappa shape index (κ1) is 24.2. The van der Waals surface area contributed by atoms with Crippen molar-refractivity contribution in [3.8, 4) is 11.1 Å². The fourth-order valence-electron chi connectivity index (χ4n) is 4.20. The maximum absolute atomic E-state index is 12.7. The van der Waals surface area contributed by atoms with Gasteiger partial charge in [0, 0.05) is 18.2 Å². The van der Waals surface area contributed by atoms with Crippen LogP contribution in [0.2, 0.25) is 0 Å². The smallest absolute Gasteiger partial charge is 0.336 e. The van der Waals surface area contributed by atoms with Crippen LogP contribution in [0.25, 0.3) is 22.2 Å². The third-order valence-corrected chi connectivity index (χ3v) is 6.21. The minimum atomic E-state index is -0.937. The fourth-order valence-corrected chi connectivity index (χ4v) is 4.20. The molecule has 6 heteroatoms. The SMILES string of the molecule is CC(C)CCC(C)NC(=O)c1ccc2c(c1)ncn2Cc1ccc(-c2ccccc2C(=O)O)cc1. The van der Waals surface area contributed by atoms with Crippen LogP contribution >= 0.6 is 0 Å². The van der Waals surface area contributed by atoms with Crippen molar-refractivity contribution in [3.05, 3.63) is 89.7 Å². The Morgan fingerprint density at radius 3 is 2.43 bits per heavy atom. The van der Waals surface area contributed by atoms with Crippen LogP contribution in [0.5, 0.6) is 0 Å². The Hall–Kier alpha value is -3.93. The second kappa shape index (κ2) is 10.6. The zero-order valence-corrected chi connectivity index (χ0v) is 20.4. The third-order valence-electron chi connectivity index (χ3n) is 6.21. The normalized spacial score (nSPS) is 12.1. The predicted octanol–water partition coefficient (Wildman–Crippen LogP) is 6.00. The van der Waals surface area contributed by atoms with Crippen molar-refractivity contribution in [1.82, 2.24) is 14.9 Å². The number of rotatable bonds is 9. The lowest BCUT2D eigenvalue weighted by molar-refractivity contribution is 0.0697. The average Bonchev–Trinajstić information content (AvgIpc) is 3.25. The molecule has 0 saturated carbocycles. The van der Waals surface area contributed by atoms with Gasteiger partial charge < -0.3 is 15.0 Å². The number of nitrogens with one attached hydrogen (secondary N) is 1. The van der Waals surface area contributed by atoms with E-state index >= 15 is 0 Å². The van der Waals surface area contributed by atoms with Crippen LogP contribution < -0.4 is 5.32 Å². The van der Waals surface area contributed by atoms with Gasteiger partial charge in [0.15, 0.2) is 0 Å². The molecule has 0 radical (unpaired) electrons. The number of aromatic carboxylic acids is 1. The summed E-state index contributed by atoms with van der Waals surface area (Å²) in [6.07, 6.45) is 3.82. The molecule has 3 aromatic carbocycles. The fraction of sp³-hybridized carbons (Fsp3) is 0.276. The van der Waals surface area contributed by atoms with E-state index in [1.807, 2.05) is 66.1 Å². The summed E-state index contributed by atoms with van der Waals surface area (Å²) in [7, 11) is 0. The van der Waals surface area contributed by atoms with Gasteiger partial charge in [-0.2, -0.15) is 0 Å². The standard InChI is InChI=1S/C29H31N3O3/c1-19(2)8-9-20(3)31-28(33)23-14-15-27-26(16-23)30-18-32(27)17-21-10-12-22(13-11-21)24-6-4-5-7-25(24)29(34)35/h4-7,10-16,18-20H,8-9,17H2,1-3H3,(H,31,33)(H,34,35). The Morgan fingerprint density at radius 2 is 1.71 bits per heavy atom. The lowest BCUT2D eigenvalue weighted by Crippen LogP contribution is -2.32. The number of aromatic nitrogens is 2. The molecule has 0 aliphatic carbocycles. The van der Waals surface area contributed by atoms with Gasteiger partial charge >= 0.3 is 5.97 Å². The van der Waals surface area contributed by atoms with Crippen molar-refractivity contribution in [3.63, 3.8) is 0 Å².